The van der Waals surface area contributed by atoms with Crippen LogP contribution in [-0.2, 0) is 6.42 Å². The van der Waals surface area contributed by atoms with Crippen molar-refractivity contribution in [3.05, 3.63) is 101 Å². The van der Waals surface area contributed by atoms with Crippen LogP contribution in [0.2, 0.25) is 0 Å². The number of aromatic nitrogens is 1. The Bertz CT molecular complexity index is 1570. The average Bonchev–Trinajstić information content (AvgIpc) is 3.61. The molecule has 0 radical (unpaired) electrons. The third-order valence-corrected chi connectivity index (χ3v) is 8.55. The van der Waals surface area contributed by atoms with E-state index >= 15 is 0 Å². The second kappa shape index (κ2) is 8.56. The van der Waals surface area contributed by atoms with Crippen LogP contribution in [0.1, 0.15) is 48.1 Å². The molecule has 0 saturated heterocycles. The summed E-state index contributed by atoms with van der Waals surface area (Å²) in [5.74, 6) is 1.52. The molecule has 0 unspecified atom stereocenters. The Kier molecular flexibility index (Phi) is 5.38. The van der Waals surface area contributed by atoms with E-state index in [-0.39, 0.29) is 11.6 Å². The summed E-state index contributed by atoms with van der Waals surface area (Å²) in [5.41, 5.74) is 4.79. The average molecular weight is 488 g/mol. The number of allylic oxidation sites excluding steroid dienone is 1. The minimum Gasteiger partial charge on any atom is -0.441 e. The van der Waals surface area contributed by atoms with Crippen LogP contribution in [0.25, 0.3) is 11.8 Å². The predicted octanol–water partition coefficient (Wildman–Crippen LogP) is 4.82. The summed E-state index contributed by atoms with van der Waals surface area (Å²) in [5, 5.41) is 2.08. The van der Waals surface area contributed by atoms with Gasteiger partial charge in [-0.3, -0.25) is 9.36 Å². The van der Waals surface area contributed by atoms with E-state index in [0.29, 0.717) is 10.3 Å². The van der Waals surface area contributed by atoms with E-state index in [1.54, 1.807) is 11.3 Å². The molecule has 0 saturated carbocycles. The molecule has 7 heteroatoms. The Morgan fingerprint density at radius 3 is 2.76 bits per heavy atom. The van der Waals surface area contributed by atoms with Gasteiger partial charge in [-0.05, 0) is 55.3 Å². The number of thiophene rings is 1. The highest BCUT2D eigenvalue weighted by molar-refractivity contribution is 7.10. The Morgan fingerprint density at radius 1 is 1.12 bits per heavy atom. The number of benzene rings is 1. The summed E-state index contributed by atoms with van der Waals surface area (Å²) in [6, 6.07) is 16.5. The first-order valence-corrected chi connectivity index (χ1v) is 13.4. The molecular weight excluding hydrogens is 462 g/mol. The lowest BCUT2D eigenvalue weighted by Crippen LogP contribution is -2.38. The molecule has 4 heterocycles. The first kappa shape index (κ1) is 21.4. The fraction of sp³-hybridized carbons (Fsp3) is 0.259. The summed E-state index contributed by atoms with van der Waals surface area (Å²) in [7, 11) is 0. The molecule has 1 aromatic carbocycles. The van der Waals surface area contributed by atoms with Crippen molar-refractivity contribution in [1.29, 1.82) is 0 Å². The summed E-state index contributed by atoms with van der Waals surface area (Å²) < 4.78 is 8.59. The van der Waals surface area contributed by atoms with Crippen molar-refractivity contribution in [2.45, 2.75) is 32.7 Å². The van der Waals surface area contributed by atoms with Crippen LogP contribution in [0.15, 0.2) is 73.7 Å². The molecular formula is C27H25N3O2S2. The van der Waals surface area contributed by atoms with Gasteiger partial charge in [0.1, 0.15) is 5.76 Å². The van der Waals surface area contributed by atoms with Crippen LogP contribution in [0.4, 0.5) is 5.88 Å². The molecule has 172 valence electrons. The van der Waals surface area contributed by atoms with E-state index in [9.17, 15) is 4.79 Å². The first-order chi connectivity index (χ1) is 16.7. The van der Waals surface area contributed by atoms with E-state index in [1.807, 2.05) is 22.8 Å². The molecule has 0 N–H and O–H groups in total. The largest absolute Gasteiger partial charge is 0.441 e. The van der Waals surface area contributed by atoms with Gasteiger partial charge in [0.05, 0.1) is 16.3 Å². The second-order valence-corrected chi connectivity index (χ2v) is 10.5. The Balaban J connectivity index is 1.53. The molecule has 34 heavy (non-hydrogen) atoms. The molecule has 0 fully saturated rings. The van der Waals surface area contributed by atoms with Gasteiger partial charge >= 0.3 is 0 Å². The van der Waals surface area contributed by atoms with Gasteiger partial charge in [-0.2, -0.15) is 0 Å². The maximum absolute atomic E-state index is 13.7. The maximum atomic E-state index is 13.7. The molecule has 3 aromatic heterocycles. The zero-order valence-electron chi connectivity index (χ0n) is 19.2. The molecule has 0 spiro atoms. The zero-order chi connectivity index (χ0) is 23.2. The van der Waals surface area contributed by atoms with Crippen molar-refractivity contribution < 1.29 is 4.42 Å². The van der Waals surface area contributed by atoms with Gasteiger partial charge in [-0.1, -0.05) is 41.7 Å². The topological polar surface area (TPSA) is 50.7 Å². The molecule has 1 atom stereocenters. The third-order valence-electron chi connectivity index (χ3n) is 6.65. The van der Waals surface area contributed by atoms with Crippen LogP contribution < -0.4 is 19.8 Å². The van der Waals surface area contributed by atoms with Crippen LogP contribution in [0.3, 0.4) is 0 Å². The number of hydrogen-bond donors (Lipinski definition) is 0. The van der Waals surface area contributed by atoms with Crippen molar-refractivity contribution in [2.24, 2.45) is 4.99 Å². The monoisotopic (exact) mass is 487 g/mol. The van der Waals surface area contributed by atoms with Crippen LogP contribution in [0, 0.1) is 0 Å². The van der Waals surface area contributed by atoms with E-state index in [1.165, 1.54) is 32.9 Å². The molecule has 1 aliphatic carbocycles. The molecule has 6 rings (SSSR count). The minimum atomic E-state index is -0.107. The normalized spacial score (nSPS) is 17.2. The molecule has 0 bridgehead atoms. The van der Waals surface area contributed by atoms with Crippen molar-refractivity contribution in [1.82, 2.24) is 4.57 Å². The first-order valence-electron chi connectivity index (χ1n) is 11.7. The lowest BCUT2D eigenvalue weighted by molar-refractivity contribution is 0.541. The molecule has 4 aromatic rings. The number of rotatable bonds is 5. The number of anilines is 1. The predicted molar refractivity (Wildman–Crippen MR) is 139 cm³/mol. The quantitative estimate of drug-likeness (QED) is 0.406. The number of furan rings is 1. The minimum absolute atomic E-state index is 0.00616. The number of hydrogen-bond acceptors (Lipinski definition) is 6. The highest BCUT2D eigenvalue weighted by Gasteiger charge is 2.33. The maximum Gasteiger partial charge on any atom is 0.271 e. The third kappa shape index (κ3) is 3.42. The van der Waals surface area contributed by atoms with Gasteiger partial charge in [-0.15, -0.1) is 11.3 Å². The van der Waals surface area contributed by atoms with Gasteiger partial charge in [0.15, 0.2) is 10.7 Å². The van der Waals surface area contributed by atoms with Gasteiger partial charge in [0.2, 0.25) is 0 Å². The van der Waals surface area contributed by atoms with Crippen LogP contribution >= 0.6 is 22.7 Å². The smallest absolute Gasteiger partial charge is 0.271 e. The summed E-state index contributed by atoms with van der Waals surface area (Å²) in [4.78, 5) is 22.8. The van der Waals surface area contributed by atoms with Crippen molar-refractivity contribution in [3.63, 3.8) is 0 Å². The van der Waals surface area contributed by atoms with E-state index in [4.69, 9.17) is 9.41 Å². The Labute approximate surface area is 205 Å². The van der Waals surface area contributed by atoms with Gasteiger partial charge in [0.25, 0.3) is 5.56 Å². The van der Waals surface area contributed by atoms with Crippen LogP contribution in [0.5, 0.6) is 0 Å². The molecule has 0 amide bonds. The Hall–Kier alpha value is -3.16. The molecule has 2 aliphatic rings. The second-order valence-electron chi connectivity index (χ2n) is 8.48. The number of fused-ring (bicyclic) bond motifs is 3. The molecule has 5 nitrogen and oxygen atoms in total. The Morgan fingerprint density at radius 2 is 1.97 bits per heavy atom. The number of thiazole rings is 1. The standard InChI is InChI=1S/C27H25N3O2S2/c1-3-29(4-2)23-14-12-18(32-23)16-22-26(31)30-25(21-10-7-15-33-21)20-13-11-17-8-5-6-9-19(17)24(20)28-27(30)34-22/h5-10,12,14-16,25H,3-4,11,13H2,1-2H3/b22-16-/t25-/m0/s1. The van der Waals surface area contributed by atoms with Gasteiger partial charge in [0, 0.05) is 35.7 Å². The zero-order valence-corrected chi connectivity index (χ0v) is 20.8. The van der Waals surface area contributed by atoms with E-state index in [2.05, 4.69) is 60.5 Å². The van der Waals surface area contributed by atoms with Gasteiger partial charge < -0.3 is 9.32 Å². The molecule has 1 aliphatic heterocycles. The number of nitrogens with zero attached hydrogens (tertiary/aromatic N) is 3. The number of aryl methyl sites for hydroxylation is 1. The van der Waals surface area contributed by atoms with E-state index < -0.39 is 0 Å². The summed E-state index contributed by atoms with van der Waals surface area (Å²) in [6.45, 7) is 5.96. The highest BCUT2D eigenvalue weighted by atomic mass is 32.1. The SMILES string of the molecule is CCN(CC)c1ccc(/C=c2\sc3n(c2=O)[C@H](c2cccs2)C2=C(N=3)c3ccccc3CC2)o1. The fourth-order valence-electron chi connectivity index (χ4n) is 4.97. The van der Waals surface area contributed by atoms with Crippen molar-refractivity contribution in [2.75, 3.05) is 18.0 Å². The lowest BCUT2D eigenvalue weighted by Gasteiger charge is -2.30. The summed E-state index contributed by atoms with van der Waals surface area (Å²) in [6.07, 6.45) is 3.74. The summed E-state index contributed by atoms with van der Waals surface area (Å²) >= 11 is 3.14. The van der Waals surface area contributed by atoms with Crippen LogP contribution in [-0.4, -0.2) is 17.7 Å². The van der Waals surface area contributed by atoms with E-state index in [0.717, 1.165) is 42.3 Å². The lowest BCUT2D eigenvalue weighted by atomic mass is 9.85. The van der Waals surface area contributed by atoms with Gasteiger partial charge in [-0.25, -0.2) is 4.99 Å². The fourth-order valence-corrected chi connectivity index (χ4v) is 6.80. The van der Waals surface area contributed by atoms with Crippen molar-refractivity contribution in [3.8, 4) is 0 Å². The highest BCUT2D eigenvalue weighted by Crippen LogP contribution is 2.42. The van der Waals surface area contributed by atoms with Crippen molar-refractivity contribution >= 4 is 40.3 Å².